The molecule has 0 radical (unpaired) electrons. The Kier molecular flexibility index (Phi) is 37.2. The van der Waals surface area contributed by atoms with Gasteiger partial charge in [-0.3, -0.25) is 33.6 Å². The van der Waals surface area contributed by atoms with Crippen LogP contribution in [0, 0.1) is 17.5 Å². The van der Waals surface area contributed by atoms with Crippen LogP contribution in [-0.2, 0) is 91.8 Å². The molecule has 0 aliphatic carbocycles. The van der Waals surface area contributed by atoms with E-state index in [9.17, 15) is 68.3 Å². The third-order valence-corrected chi connectivity index (χ3v) is 21.3. The summed E-state index contributed by atoms with van der Waals surface area (Å²) >= 11 is 17.3. The fourth-order valence-electron chi connectivity index (χ4n) is 14.4. The van der Waals surface area contributed by atoms with Crippen LogP contribution < -0.4 is 27.0 Å². The van der Waals surface area contributed by atoms with Crippen LogP contribution in [0.1, 0.15) is 113 Å². The topological polar surface area (TPSA) is 260 Å². The highest BCUT2D eigenvalue weighted by Crippen LogP contribution is 2.37. The number of carbonyl (C=O) groups is 7. The van der Waals surface area contributed by atoms with Crippen LogP contribution in [0.25, 0.3) is 66.3 Å². The number of halogens is 12. The van der Waals surface area contributed by atoms with E-state index >= 15 is 0 Å². The number of likely N-dealkylation sites (tertiary alicyclic amines) is 2. The summed E-state index contributed by atoms with van der Waals surface area (Å²) in [6.45, 7) is 4.24. The maximum Gasteiger partial charge on any atom is 0.446 e. The van der Waals surface area contributed by atoms with Crippen LogP contribution in [0.2, 0.25) is 15.1 Å². The van der Waals surface area contributed by atoms with Crippen LogP contribution in [0.4, 0.5) is 39.5 Å². The van der Waals surface area contributed by atoms with E-state index in [-0.39, 0.29) is 151 Å². The highest BCUT2D eigenvalue weighted by molar-refractivity contribution is 6.31. The summed E-state index contributed by atoms with van der Waals surface area (Å²) in [6.07, 6.45) is -2.73. The second-order valence-corrected chi connectivity index (χ2v) is 30.1. The van der Waals surface area contributed by atoms with Gasteiger partial charge < -0.3 is 55.2 Å². The van der Waals surface area contributed by atoms with Crippen LogP contribution in [0.15, 0.2) is 214 Å². The second-order valence-electron chi connectivity index (χ2n) is 28.9. The van der Waals surface area contributed by atoms with Crippen molar-refractivity contribution < 1.29 is 91.4 Å². The first-order valence-corrected chi connectivity index (χ1v) is 39.7. The molecule has 0 unspecified atom stereocenters. The van der Waals surface area contributed by atoms with Gasteiger partial charge in [-0.05, 0) is 142 Å². The van der Waals surface area contributed by atoms with E-state index in [1.807, 2.05) is 103 Å². The molecule has 15 rings (SSSR count). The Morgan fingerprint density at radius 2 is 0.808 bits per heavy atom. The number of hydrogen-bond acceptors (Lipinski definition) is 12. The largest absolute Gasteiger partial charge is 0.481 e. The number of fused-ring (bicyclic) bond motifs is 3. The van der Waals surface area contributed by atoms with Crippen molar-refractivity contribution in [3.8, 4) is 33.4 Å². The molecule has 3 saturated heterocycles. The van der Waals surface area contributed by atoms with Crippen molar-refractivity contribution >= 4 is 110 Å². The molecular formula is C95H99Cl3F9N7O11. The first kappa shape index (κ1) is 100. The Hall–Kier alpha value is -11.8. The zero-order valence-corrected chi connectivity index (χ0v) is 67.5. The lowest BCUT2D eigenvalue weighted by molar-refractivity contribution is -0.156. The summed E-state index contributed by atoms with van der Waals surface area (Å²) in [7, 11) is 0. The molecule has 30 heteroatoms. The van der Waals surface area contributed by atoms with Gasteiger partial charge in [0.25, 0.3) is 0 Å². The molecule has 664 valence electrons. The van der Waals surface area contributed by atoms with Gasteiger partial charge in [0.1, 0.15) is 64.8 Å². The Morgan fingerprint density at radius 3 is 1.14 bits per heavy atom. The predicted molar refractivity (Wildman–Crippen MR) is 470 cm³/mol. The Bertz CT molecular complexity index is 5500. The van der Waals surface area contributed by atoms with Crippen molar-refractivity contribution in [1.29, 1.82) is 0 Å². The molecule has 18 nitrogen and oxygen atoms in total. The molecule has 0 spiro atoms. The number of furan rings is 3. The predicted octanol–water partition coefficient (Wildman–Crippen LogP) is 20.8. The summed E-state index contributed by atoms with van der Waals surface area (Å²) in [5, 5.41) is 22.1. The van der Waals surface area contributed by atoms with Crippen LogP contribution in [0.3, 0.4) is 0 Å². The molecule has 0 bridgehead atoms. The van der Waals surface area contributed by atoms with E-state index in [1.54, 1.807) is 43.1 Å². The number of carbonyl (C=O) groups excluding carboxylic acids is 6. The zero-order chi connectivity index (χ0) is 86.8. The Labute approximate surface area is 734 Å². The van der Waals surface area contributed by atoms with Gasteiger partial charge in [-0.2, -0.15) is 13.2 Å². The highest BCUT2D eigenvalue weighted by atomic mass is 35.5. The summed E-state index contributed by atoms with van der Waals surface area (Å²) in [5.41, 5.74) is 19.9. The minimum absolute atomic E-state index is 0. The molecule has 125 heavy (non-hydrogen) atoms. The smallest absolute Gasteiger partial charge is 0.446 e. The first-order valence-electron chi connectivity index (χ1n) is 38.6. The van der Waals surface area contributed by atoms with Gasteiger partial charge in [-0.15, -0.1) is 0 Å². The van der Waals surface area contributed by atoms with Crippen molar-refractivity contribution in [3.63, 3.8) is 0 Å². The third kappa shape index (κ3) is 26.4. The molecule has 3 aromatic heterocycles. The minimum Gasteiger partial charge on any atom is -0.481 e. The number of rotatable bonds is 21. The number of nitrogens with one attached hydrogen (secondary N) is 4. The quantitative estimate of drug-likeness (QED) is 0.0289. The first-order chi connectivity index (χ1) is 58.0. The average molecular weight is 1790 g/mol. The number of hydrogen-bond donors (Lipinski definition) is 6. The second kappa shape index (κ2) is 46.3. The molecule has 3 aliphatic rings. The lowest BCUT2D eigenvalue weighted by Gasteiger charge is -2.24. The van der Waals surface area contributed by atoms with Crippen molar-refractivity contribution in [3.05, 3.63) is 283 Å². The number of carboxylic acids is 1. The summed E-state index contributed by atoms with van der Waals surface area (Å²) in [5.74, 6) is -4.73. The van der Waals surface area contributed by atoms with Gasteiger partial charge in [0.2, 0.25) is 35.8 Å². The van der Waals surface area contributed by atoms with Crippen molar-refractivity contribution in [2.75, 3.05) is 19.6 Å². The van der Waals surface area contributed by atoms with Crippen molar-refractivity contribution in [2.45, 2.75) is 164 Å². The van der Waals surface area contributed by atoms with Gasteiger partial charge in [-0.25, -0.2) is 26.3 Å². The molecule has 6 heterocycles. The van der Waals surface area contributed by atoms with Crippen molar-refractivity contribution in [2.24, 2.45) is 5.73 Å². The average Bonchev–Trinajstić information content (AvgIpc) is 1.69. The Morgan fingerprint density at radius 1 is 0.472 bits per heavy atom. The molecular weight excluding hydrogens is 1690 g/mol. The SMILES string of the molecule is C.C.C.C.CCc1cccc(-c2cc(CC(=O)N3C[C@H](F)C[C@H]3C(=O)NCc3cccc(Cl)c3F)cc3ccoc23)c1.CCc1cccc(-c2cc(CC(=O)O)cc3ccoc23)c1.NCc1cccc(-c2cc(CC(=O)N3C[C@H](F)C[C@H]3C(=O)NCc3cccc(Cl)c3F)cc3ccoc23)c1.O=C(NCc1cccc(Cl)c1F)[C@@H]1C[C@@H](F)CN1.O=CC(F)(F)F. The van der Waals surface area contributed by atoms with Crippen LogP contribution in [-0.4, -0.2) is 119 Å². The highest BCUT2D eigenvalue weighted by Gasteiger charge is 2.42. The van der Waals surface area contributed by atoms with Gasteiger partial charge >= 0.3 is 12.1 Å². The number of aliphatic carboxylic acids is 1. The van der Waals surface area contributed by atoms with Gasteiger partial charge in [0.15, 0.2) is 0 Å². The lowest BCUT2D eigenvalue weighted by Crippen LogP contribution is -2.46. The summed E-state index contributed by atoms with van der Waals surface area (Å²) in [4.78, 5) is 86.4. The van der Waals surface area contributed by atoms with Gasteiger partial charge in [-0.1, -0.05) is 181 Å². The number of aryl methyl sites for hydroxylation is 2. The molecule has 12 aromatic rings. The fourth-order valence-corrected chi connectivity index (χ4v) is 14.9. The van der Waals surface area contributed by atoms with Crippen LogP contribution in [0.5, 0.6) is 0 Å². The number of nitrogens with zero attached hydrogens (tertiary/aromatic N) is 2. The lowest BCUT2D eigenvalue weighted by atomic mass is 9.97. The Balaban J connectivity index is 0.000000230. The van der Waals surface area contributed by atoms with E-state index in [0.29, 0.717) is 23.3 Å². The molecule has 3 fully saturated rings. The van der Waals surface area contributed by atoms with E-state index in [0.717, 1.165) is 90.2 Å². The monoisotopic (exact) mass is 1790 g/mol. The number of amides is 5. The van der Waals surface area contributed by atoms with Gasteiger partial charge in [0.05, 0.1) is 72.3 Å². The normalized spacial score (nSPS) is 16.2. The molecule has 6 atom stereocenters. The van der Waals surface area contributed by atoms with E-state index in [2.05, 4.69) is 59.4 Å². The third-order valence-electron chi connectivity index (χ3n) is 20.4. The van der Waals surface area contributed by atoms with Gasteiger partial charge in [0, 0.05) is 102 Å². The van der Waals surface area contributed by atoms with E-state index in [1.165, 1.54) is 51.3 Å². The minimum atomic E-state index is -4.64. The fraction of sp³-hybridized carbons (Fsp3) is 0.295. The number of aldehydes is 1. The molecule has 0 saturated carbocycles. The molecule has 9 aromatic carbocycles. The molecule has 3 aliphatic heterocycles. The number of carboxylic acid groups (broad SMARTS) is 1. The summed E-state index contributed by atoms with van der Waals surface area (Å²) < 4.78 is 132. The maximum atomic E-state index is 14.4. The van der Waals surface area contributed by atoms with E-state index < -0.39 is 84.3 Å². The van der Waals surface area contributed by atoms with Crippen LogP contribution >= 0.6 is 34.8 Å². The summed E-state index contributed by atoms with van der Waals surface area (Å²) in [6, 6.07) is 52.1. The standard InChI is InChI=1S/C30H27ClF2N2O3.C29H26ClF2N3O3.C18H16O3.C12H13ClF2N2O.C2HF3O.4CH4/c1-2-18-5-3-6-20(11-18)24-13-19(12-21-9-10-38-29(21)24)14-27(36)35-17-23(32)15-26(35)30(37)34-16-22-7-4-8-25(31)28(22)33;30-24-6-2-5-21(27(24)32)15-34-29(37)25-13-22(31)16-35(25)26(36)12-18-10-20-7-8-38-28(20)23(11-18)19-4-1-3-17(9-19)14-33;1-2-12-4-3-5-14(8-12)16-10-13(11-17(19)20)9-15-6-7-21-18(15)16;13-9-3-1-2-7(11(9)15)5-17-12(18)10-4-8(14)6-16-10;3-2(4,5)1-6;;;;/h3-13,23,26H,2,14-17H2,1H3,(H,34,37);1-11,22,25H,12-16,33H2,(H,34,37);3-10H,2,11H2,1H3,(H,19,20);1-3,8,10,16H,4-6H2,(H,17,18);1H;4*1H4/t23-,26+;22-,25+;;8-,10+;;;;;/m11.1...../s1. The van der Waals surface area contributed by atoms with Crippen molar-refractivity contribution in [1.82, 2.24) is 31.1 Å². The number of alkyl halides is 6. The zero-order valence-electron chi connectivity index (χ0n) is 65.2. The molecule has 5 amide bonds. The van der Waals surface area contributed by atoms with E-state index in [4.69, 9.17) is 63.7 Å². The number of benzene rings is 9. The molecule has 7 N–H and O–H groups in total. The maximum absolute atomic E-state index is 14.4. The number of nitrogens with two attached hydrogens (primary N) is 1.